The molecule has 4 nitrogen and oxygen atoms in total. The molecule has 1 fully saturated rings. The highest BCUT2D eigenvalue weighted by atomic mass is 79.9. The Labute approximate surface area is 105 Å². The van der Waals surface area contributed by atoms with E-state index in [1.165, 1.54) is 6.42 Å². The van der Waals surface area contributed by atoms with Crippen molar-refractivity contribution in [2.45, 2.75) is 45.1 Å². The average Bonchev–Trinajstić information content (AvgIpc) is 2.51. The monoisotopic (exact) mass is 286 g/mol. The smallest absolute Gasteiger partial charge is 0.151 e. The van der Waals surface area contributed by atoms with Gasteiger partial charge in [0.05, 0.1) is 5.69 Å². The van der Waals surface area contributed by atoms with Gasteiger partial charge in [0, 0.05) is 19.0 Å². The summed E-state index contributed by atoms with van der Waals surface area (Å²) >= 11 is 3.47. The molecule has 1 aliphatic carbocycles. The standard InChI is InChI=1S/C11H19BrN4/c1-11(2)5-4-8(13)7(6-11)9-10(12)14-15-16(9)3/h7-8H,4-6,13H2,1-3H3. The van der Waals surface area contributed by atoms with Gasteiger partial charge in [0.2, 0.25) is 0 Å². The summed E-state index contributed by atoms with van der Waals surface area (Å²) in [6.45, 7) is 4.62. The number of hydrogen-bond acceptors (Lipinski definition) is 3. The lowest BCUT2D eigenvalue weighted by atomic mass is 9.69. The van der Waals surface area contributed by atoms with E-state index in [2.05, 4.69) is 40.1 Å². The maximum atomic E-state index is 6.24. The van der Waals surface area contributed by atoms with E-state index < -0.39 is 0 Å². The number of hydrogen-bond donors (Lipinski definition) is 1. The van der Waals surface area contributed by atoms with Crippen molar-refractivity contribution in [1.29, 1.82) is 0 Å². The van der Waals surface area contributed by atoms with Gasteiger partial charge in [-0.2, -0.15) is 0 Å². The first-order valence-corrected chi connectivity index (χ1v) is 6.51. The molecule has 0 bridgehead atoms. The topological polar surface area (TPSA) is 56.7 Å². The largest absolute Gasteiger partial charge is 0.327 e. The highest BCUT2D eigenvalue weighted by molar-refractivity contribution is 9.10. The van der Waals surface area contributed by atoms with Gasteiger partial charge in [0.1, 0.15) is 0 Å². The third kappa shape index (κ3) is 2.15. The lowest BCUT2D eigenvalue weighted by Gasteiger charge is -2.39. The molecule has 1 saturated carbocycles. The van der Waals surface area contributed by atoms with Crippen molar-refractivity contribution in [1.82, 2.24) is 15.0 Å². The van der Waals surface area contributed by atoms with Crippen molar-refractivity contribution in [3.05, 3.63) is 10.3 Å². The second kappa shape index (κ2) is 4.11. The molecule has 2 N–H and O–H groups in total. The highest BCUT2D eigenvalue weighted by Gasteiger charge is 2.36. The Kier molecular flexibility index (Phi) is 3.09. The van der Waals surface area contributed by atoms with Gasteiger partial charge < -0.3 is 5.73 Å². The molecular weight excluding hydrogens is 268 g/mol. The summed E-state index contributed by atoms with van der Waals surface area (Å²) in [5.41, 5.74) is 7.74. The van der Waals surface area contributed by atoms with Crippen molar-refractivity contribution >= 4 is 15.9 Å². The fourth-order valence-corrected chi connectivity index (χ4v) is 3.26. The Morgan fingerprint density at radius 2 is 2.19 bits per heavy atom. The van der Waals surface area contributed by atoms with E-state index in [0.29, 0.717) is 11.3 Å². The Hall–Kier alpha value is -0.420. The van der Waals surface area contributed by atoms with Crippen molar-refractivity contribution in [3.63, 3.8) is 0 Å². The fourth-order valence-electron chi connectivity index (χ4n) is 2.64. The second-order valence-electron chi connectivity index (χ2n) is 5.57. The lowest BCUT2D eigenvalue weighted by molar-refractivity contribution is 0.193. The molecule has 0 aliphatic heterocycles. The SMILES string of the molecule is Cn1nnc(Br)c1C1CC(C)(C)CCC1N. The molecule has 1 aromatic rings. The summed E-state index contributed by atoms with van der Waals surface area (Å²) in [5, 5.41) is 8.09. The zero-order chi connectivity index (χ0) is 11.9. The first-order valence-electron chi connectivity index (χ1n) is 5.71. The van der Waals surface area contributed by atoms with E-state index in [9.17, 15) is 0 Å². The zero-order valence-electron chi connectivity index (χ0n) is 10.1. The molecule has 1 aromatic heterocycles. The highest BCUT2D eigenvalue weighted by Crippen LogP contribution is 2.43. The zero-order valence-corrected chi connectivity index (χ0v) is 11.7. The molecule has 90 valence electrons. The Morgan fingerprint density at radius 1 is 1.50 bits per heavy atom. The third-order valence-electron chi connectivity index (χ3n) is 3.62. The van der Waals surface area contributed by atoms with Crippen LogP contribution in [0.15, 0.2) is 4.60 Å². The Bertz CT molecular complexity index is 366. The Morgan fingerprint density at radius 3 is 2.75 bits per heavy atom. The summed E-state index contributed by atoms with van der Waals surface area (Å²) in [4.78, 5) is 0. The van der Waals surface area contributed by atoms with Crippen molar-refractivity contribution in [2.24, 2.45) is 18.2 Å². The maximum Gasteiger partial charge on any atom is 0.151 e. The van der Waals surface area contributed by atoms with Gasteiger partial charge in [-0.05, 0) is 40.6 Å². The van der Waals surface area contributed by atoms with Gasteiger partial charge in [0.15, 0.2) is 4.60 Å². The van der Waals surface area contributed by atoms with Crippen LogP contribution in [0.3, 0.4) is 0 Å². The van der Waals surface area contributed by atoms with Crippen LogP contribution in [0.2, 0.25) is 0 Å². The van der Waals surface area contributed by atoms with Gasteiger partial charge in [-0.15, -0.1) is 5.10 Å². The summed E-state index contributed by atoms with van der Waals surface area (Å²) in [7, 11) is 1.93. The van der Waals surface area contributed by atoms with Crippen molar-refractivity contribution in [3.8, 4) is 0 Å². The minimum atomic E-state index is 0.224. The molecule has 16 heavy (non-hydrogen) atoms. The number of nitrogens with zero attached hydrogens (tertiary/aromatic N) is 3. The van der Waals surface area contributed by atoms with E-state index in [-0.39, 0.29) is 6.04 Å². The molecule has 1 heterocycles. The van der Waals surface area contributed by atoms with Crippen LogP contribution in [-0.4, -0.2) is 21.0 Å². The van der Waals surface area contributed by atoms with Crippen molar-refractivity contribution < 1.29 is 0 Å². The molecule has 1 aliphatic rings. The molecule has 2 atom stereocenters. The van der Waals surface area contributed by atoms with Gasteiger partial charge in [-0.25, -0.2) is 0 Å². The van der Waals surface area contributed by atoms with Crippen LogP contribution >= 0.6 is 15.9 Å². The summed E-state index contributed by atoms with van der Waals surface area (Å²) in [6.07, 6.45) is 3.39. The number of aryl methyl sites for hydroxylation is 1. The molecular formula is C11H19BrN4. The van der Waals surface area contributed by atoms with Gasteiger partial charge >= 0.3 is 0 Å². The third-order valence-corrected chi connectivity index (χ3v) is 4.19. The van der Waals surface area contributed by atoms with E-state index in [1.54, 1.807) is 0 Å². The number of aromatic nitrogens is 3. The fraction of sp³-hybridized carbons (Fsp3) is 0.818. The molecule has 0 saturated heterocycles. The summed E-state index contributed by atoms with van der Waals surface area (Å²) < 4.78 is 2.68. The average molecular weight is 287 g/mol. The molecule has 5 heteroatoms. The van der Waals surface area contributed by atoms with Gasteiger partial charge in [-0.1, -0.05) is 19.1 Å². The first-order chi connectivity index (χ1) is 7.41. The molecule has 2 rings (SSSR count). The van der Waals surface area contributed by atoms with E-state index in [1.807, 2.05) is 11.7 Å². The normalized spacial score (nSPS) is 29.3. The quantitative estimate of drug-likeness (QED) is 0.861. The summed E-state index contributed by atoms with van der Waals surface area (Å²) in [6, 6.07) is 0.224. The predicted molar refractivity (Wildman–Crippen MR) is 67.1 cm³/mol. The second-order valence-corrected chi connectivity index (χ2v) is 6.32. The van der Waals surface area contributed by atoms with E-state index in [4.69, 9.17) is 5.73 Å². The maximum absolute atomic E-state index is 6.24. The minimum absolute atomic E-state index is 0.224. The van der Waals surface area contributed by atoms with Crippen LogP contribution in [0.25, 0.3) is 0 Å². The molecule has 0 spiro atoms. The summed E-state index contributed by atoms with van der Waals surface area (Å²) in [5.74, 6) is 0.359. The number of halogens is 1. The molecule has 0 amide bonds. The molecule has 0 radical (unpaired) electrons. The van der Waals surface area contributed by atoms with E-state index >= 15 is 0 Å². The van der Waals surface area contributed by atoms with Crippen molar-refractivity contribution in [2.75, 3.05) is 0 Å². The molecule has 2 unspecified atom stereocenters. The van der Waals surface area contributed by atoms with Gasteiger partial charge in [0.25, 0.3) is 0 Å². The number of nitrogens with two attached hydrogens (primary N) is 1. The number of rotatable bonds is 1. The van der Waals surface area contributed by atoms with Crippen LogP contribution in [0, 0.1) is 5.41 Å². The lowest BCUT2D eigenvalue weighted by Crippen LogP contribution is -2.38. The first kappa shape index (κ1) is 12.0. The van der Waals surface area contributed by atoms with Crippen LogP contribution in [0.5, 0.6) is 0 Å². The molecule has 0 aromatic carbocycles. The van der Waals surface area contributed by atoms with Crippen LogP contribution in [-0.2, 0) is 7.05 Å². The Balaban J connectivity index is 2.32. The van der Waals surface area contributed by atoms with Crippen LogP contribution in [0.4, 0.5) is 0 Å². The van der Waals surface area contributed by atoms with E-state index in [0.717, 1.165) is 23.1 Å². The predicted octanol–water partition coefficient (Wildman–Crippen LogP) is 2.20. The van der Waals surface area contributed by atoms with Crippen LogP contribution in [0.1, 0.15) is 44.7 Å². The van der Waals surface area contributed by atoms with Crippen LogP contribution < -0.4 is 5.73 Å². The van der Waals surface area contributed by atoms with Gasteiger partial charge in [-0.3, -0.25) is 4.68 Å². The minimum Gasteiger partial charge on any atom is -0.327 e.